The highest BCUT2D eigenvalue weighted by Gasteiger charge is 2.54. The molecule has 5 bridgehead atoms. The summed E-state index contributed by atoms with van der Waals surface area (Å²) < 4.78 is 18.2. The highest BCUT2D eigenvalue weighted by Crippen LogP contribution is 2.50. The van der Waals surface area contributed by atoms with Crippen LogP contribution < -0.4 is 15.4 Å². The van der Waals surface area contributed by atoms with E-state index in [4.69, 9.17) is 19.2 Å². The fraction of sp³-hybridized carbons (Fsp3) is 0.600. The maximum Gasteiger partial charge on any atom is 0.315 e. The Morgan fingerprint density at radius 3 is 2.45 bits per heavy atom. The van der Waals surface area contributed by atoms with Crippen LogP contribution >= 0.6 is 0 Å². The van der Waals surface area contributed by atoms with Crippen molar-refractivity contribution in [3.05, 3.63) is 69.8 Å². The standard InChI is InChI=1S/C50H68N6O11/c1-28(2)27-55-20-16-50(17-21-55)52-40-37-38-44(61)32(6)46-39(37)47(63)49(7,67-46)65-24-10-9-15-33(66-36(59)26-35(58)56-19-12-18-54(8)22-23-56)25-34(57)31(5)43(60)29(3)13-11-14-30(4)48(64)51-42(45(38)62)41(40)53-50/h10-11,13-14,24,28-29,31,33-34,43,53,57,60-61H,9,12,15-23,25-27H2,1-8H3,(H,51,64)/b13-11+,24-10+,30-14-/t29?,31-,33+,34-,43-,49-/m0/s1. The second kappa shape index (κ2) is 20.1. The third-order valence-corrected chi connectivity index (χ3v) is 14.0. The van der Waals surface area contributed by atoms with Gasteiger partial charge in [-0.1, -0.05) is 45.9 Å². The van der Waals surface area contributed by atoms with Crippen molar-refractivity contribution >= 4 is 35.1 Å². The number of esters is 1. The quantitative estimate of drug-likeness (QED) is 0.208. The van der Waals surface area contributed by atoms with E-state index >= 15 is 0 Å². The number of hydrogen-bond donors (Lipinski definition) is 5. The molecule has 1 spiro atoms. The Morgan fingerprint density at radius 2 is 1.73 bits per heavy atom. The number of aromatic hydroxyl groups is 1. The van der Waals surface area contributed by atoms with Crippen LogP contribution in [-0.4, -0.2) is 148 Å². The molecule has 1 aromatic carbocycles. The van der Waals surface area contributed by atoms with E-state index in [0.717, 1.165) is 19.5 Å². The lowest BCUT2D eigenvalue weighted by Crippen LogP contribution is -2.50. The molecule has 6 heterocycles. The number of likely N-dealkylation sites (tertiary alicyclic amines) is 1. The van der Waals surface area contributed by atoms with E-state index in [1.807, 2.05) is 7.05 Å². The number of fused-ring (bicyclic) bond motifs is 13. The van der Waals surface area contributed by atoms with Crippen molar-refractivity contribution in [2.75, 3.05) is 52.9 Å². The number of allylic oxidation sites excluding steroid dienone is 5. The van der Waals surface area contributed by atoms with Gasteiger partial charge in [-0.15, -0.1) is 0 Å². The van der Waals surface area contributed by atoms with Crippen LogP contribution in [0.5, 0.6) is 11.5 Å². The molecule has 0 saturated carbocycles. The summed E-state index contributed by atoms with van der Waals surface area (Å²) in [5.74, 6) is -6.01. The average molecular weight is 929 g/mol. The summed E-state index contributed by atoms with van der Waals surface area (Å²) in [6, 6.07) is 0. The molecule has 2 amide bonds. The van der Waals surface area contributed by atoms with E-state index < -0.39 is 77.2 Å². The van der Waals surface area contributed by atoms with Gasteiger partial charge in [0.05, 0.1) is 41.0 Å². The minimum absolute atomic E-state index is 0.0241. The van der Waals surface area contributed by atoms with Crippen LogP contribution in [-0.2, 0) is 23.9 Å². The second-order valence-electron chi connectivity index (χ2n) is 19.8. The number of nitrogens with one attached hydrogen (secondary N) is 2. The van der Waals surface area contributed by atoms with E-state index in [9.17, 15) is 39.3 Å². The molecule has 1 aromatic rings. The Bertz CT molecular complexity index is 2310. The van der Waals surface area contributed by atoms with Gasteiger partial charge in [0.25, 0.3) is 11.7 Å². The molecule has 6 atom stereocenters. The molecule has 1 unspecified atom stereocenters. The lowest BCUT2D eigenvalue weighted by atomic mass is 9.82. The number of aliphatic imine (C=N–C) groups is 1. The minimum atomic E-state index is -1.94. The molecule has 6 aliphatic heterocycles. The summed E-state index contributed by atoms with van der Waals surface area (Å²) in [7, 11) is 1.99. The van der Waals surface area contributed by atoms with E-state index in [0.29, 0.717) is 51.5 Å². The third-order valence-electron chi connectivity index (χ3n) is 14.0. The van der Waals surface area contributed by atoms with Crippen LogP contribution in [0.25, 0.3) is 0 Å². The SMILES string of the molecule is C/C1=C/C=C/C(C)[C@H](O)[C@@H](C)[C@@H](O)C[C@H](OC(=O)CC(=O)N2CCCN(C)CC2)CC/C=C/O[C@@]2(C)Oc3c(C)c(O)c4c(c3C2=O)C2=NC3(CCN(CC(C)C)CC3)NC2=C(NC1=O)C4=O. The first-order valence-electron chi connectivity index (χ1n) is 23.8. The van der Waals surface area contributed by atoms with Crippen LogP contribution in [0.1, 0.15) is 118 Å². The highest BCUT2D eigenvalue weighted by atomic mass is 16.7. The number of hydrogen-bond acceptors (Lipinski definition) is 15. The van der Waals surface area contributed by atoms with Gasteiger partial charge in [-0.05, 0) is 58.7 Å². The third kappa shape index (κ3) is 10.4. The van der Waals surface area contributed by atoms with Crippen LogP contribution in [0, 0.1) is 24.7 Å². The summed E-state index contributed by atoms with van der Waals surface area (Å²) in [5.41, 5.74) is -0.179. The van der Waals surface area contributed by atoms with Gasteiger partial charge in [0.2, 0.25) is 11.7 Å². The number of nitrogens with zero attached hydrogens (tertiary/aromatic N) is 4. The van der Waals surface area contributed by atoms with Crippen molar-refractivity contribution < 1.29 is 53.5 Å². The predicted molar refractivity (Wildman–Crippen MR) is 249 cm³/mol. The molecule has 0 radical (unpaired) electrons. The van der Waals surface area contributed by atoms with Gasteiger partial charge in [0.1, 0.15) is 35.4 Å². The van der Waals surface area contributed by atoms with Gasteiger partial charge in [0.15, 0.2) is 0 Å². The molecular formula is C50H68N6O11. The number of phenolic OH excluding ortho intramolecular Hbond substituents is 1. The Balaban J connectivity index is 1.22. The van der Waals surface area contributed by atoms with Gasteiger partial charge >= 0.3 is 11.8 Å². The zero-order valence-corrected chi connectivity index (χ0v) is 40.1. The molecule has 5 N–H and O–H groups in total. The molecule has 7 aliphatic rings. The van der Waals surface area contributed by atoms with E-state index in [-0.39, 0.29) is 75.9 Å². The Kier molecular flexibility index (Phi) is 14.8. The summed E-state index contributed by atoms with van der Waals surface area (Å²) in [4.78, 5) is 81.2. The normalized spacial score (nSPS) is 30.3. The molecule has 2 fully saturated rings. The number of carbonyl (C=O) groups excluding carboxylic acids is 5. The van der Waals surface area contributed by atoms with Crippen LogP contribution in [0.4, 0.5) is 0 Å². The lowest BCUT2D eigenvalue weighted by molar-refractivity contribution is -0.155. The van der Waals surface area contributed by atoms with Crippen LogP contribution in [0.2, 0.25) is 0 Å². The van der Waals surface area contributed by atoms with Crippen molar-refractivity contribution in [1.82, 2.24) is 25.3 Å². The fourth-order valence-electron chi connectivity index (χ4n) is 9.83. The molecule has 2 saturated heterocycles. The van der Waals surface area contributed by atoms with E-state index in [1.54, 1.807) is 50.0 Å². The molecule has 0 aromatic heterocycles. The fourth-order valence-corrected chi connectivity index (χ4v) is 9.83. The summed E-state index contributed by atoms with van der Waals surface area (Å²) in [5, 5.41) is 40.9. The number of aliphatic hydroxyl groups excluding tert-OH is 2. The van der Waals surface area contributed by atoms with Crippen LogP contribution in [0.15, 0.2) is 52.5 Å². The highest BCUT2D eigenvalue weighted by molar-refractivity contribution is 6.34. The van der Waals surface area contributed by atoms with Crippen molar-refractivity contribution in [2.45, 2.75) is 123 Å². The number of ketones is 2. The number of amides is 2. The van der Waals surface area contributed by atoms with Gasteiger partial charge in [-0.2, -0.15) is 0 Å². The van der Waals surface area contributed by atoms with Crippen molar-refractivity contribution in [1.29, 1.82) is 0 Å². The Morgan fingerprint density at radius 1 is 1.00 bits per heavy atom. The number of likely N-dealkylation sites (N-methyl/N-ethyl adjacent to an activating group) is 1. The van der Waals surface area contributed by atoms with E-state index in [1.165, 1.54) is 20.1 Å². The first-order chi connectivity index (χ1) is 31.7. The Labute approximate surface area is 393 Å². The number of phenols is 1. The summed E-state index contributed by atoms with van der Waals surface area (Å²) in [6.45, 7) is 17.3. The second-order valence-corrected chi connectivity index (χ2v) is 19.8. The number of aliphatic hydroxyl groups is 2. The maximum atomic E-state index is 14.7. The number of piperidine rings is 1. The summed E-state index contributed by atoms with van der Waals surface area (Å²) >= 11 is 0. The predicted octanol–water partition coefficient (Wildman–Crippen LogP) is 4.03. The van der Waals surface area contributed by atoms with Crippen molar-refractivity contribution in [2.24, 2.45) is 22.7 Å². The topological polar surface area (TPSA) is 220 Å². The average Bonchev–Trinajstić information content (AvgIpc) is 3.67. The number of Topliss-reactive ketones (excluding diaryl/α,β-unsaturated/α-hetero) is 2. The molecular weight excluding hydrogens is 861 g/mol. The smallest absolute Gasteiger partial charge is 0.315 e. The molecule has 364 valence electrons. The van der Waals surface area contributed by atoms with Gasteiger partial charge in [-0.3, -0.25) is 29.0 Å². The summed E-state index contributed by atoms with van der Waals surface area (Å²) in [6.07, 6.45) is 6.67. The maximum absolute atomic E-state index is 14.7. The monoisotopic (exact) mass is 928 g/mol. The largest absolute Gasteiger partial charge is 0.507 e. The molecule has 17 heteroatoms. The zero-order valence-electron chi connectivity index (χ0n) is 40.1. The number of benzene rings is 1. The minimum Gasteiger partial charge on any atom is -0.507 e. The van der Waals surface area contributed by atoms with Crippen LogP contribution in [0.3, 0.4) is 0 Å². The van der Waals surface area contributed by atoms with Crippen molar-refractivity contribution in [3.8, 4) is 11.5 Å². The molecule has 17 nitrogen and oxygen atoms in total. The van der Waals surface area contributed by atoms with Crippen molar-refractivity contribution in [3.63, 3.8) is 0 Å². The van der Waals surface area contributed by atoms with E-state index in [2.05, 4.69) is 34.3 Å². The molecule has 8 rings (SSSR count). The van der Waals surface area contributed by atoms with Gasteiger partial charge in [-0.25, -0.2) is 0 Å². The van der Waals surface area contributed by atoms with Gasteiger partial charge in [0, 0.05) is 94.0 Å². The van der Waals surface area contributed by atoms with Gasteiger partial charge < -0.3 is 54.9 Å². The molecule has 67 heavy (non-hydrogen) atoms. The number of ether oxygens (including phenoxy) is 3. The first-order valence-corrected chi connectivity index (χ1v) is 23.8. The molecule has 1 aliphatic carbocycles. The zero-order chi connectivity index (χ0) is 48.5. The number of rotatable bonds is 5. The lowest BCUT2D eigenvalue weighted by Gasteiger charge is -2.38. The number of carbonyl (C=O) groups is 5. The first kappa shape index (κ1) is 49.5. The Hall–Kier alpha value is -5.36.